The highest BCUT2D eigenvalue weighted by atomic mass is 35.5. The molecular formula is C17H18ClN5O5. The van der Waals surface area contributed by atoms with Gasteiger partial charge in [0.1, 0.15) is 36.4 Å². The van der Waals surface area contributed by atoms with E-state index in [2.05, 4.69) is 10.5 Å². The van der Waals surface area contributed by atoms with E-state index in [4.69, 9.17) is 22.2 Å². The van der Waals surface area contributed by atoms with Crippen molar-refractivity contribution in [2.45, 2.75) is 30.6 Å². The number of aliphatic hydroxyl groups excluding tert-OH is 3. The molecule has 10 nitrogen and oxygen atoms in total. The summed E-state index contributed by atoms with van der Waals surface area (Å²) in [5.41, 5.74) is 2.66. The van der Waals surface area contributed by atoms with Crippen LogP contribution in [0.2, 0.25) is 5.02 Å². The first-order chi connectivity index (χ1) is 13.4. The molecule has 5 atom stereocenters. The number of hydrazine groups is 1. The van der Waals surface area contributed by atoms with Crippen LogP contribution in [0.4, 0.5) is 0 Å². The van der Waals surface area contributed by atoms with Gasteiger partial charge in [0.05, 0.1) is 5.39 Å². The Morgan fingerprint density at radius 2 is 1.93 bits per heavy atom. The van der Waals surface area contributed by atoms with Crippen LogP contribution in [0.3, 0.4) is 0 Å². The number of nitrogens with one attached hydrogen (secondary N) is 1. The lowest BCUT2D eigenvalue weighted by Gasteiger charge is -2.22. The fourth-order valence-corrected chi connectivity index (χ4v) is 3.55. The molecule has 11 heteroatoms. The number of halogens is 1. The minimum Gasteiger partial charge on any atom is -0.387 e. The second-order valence-electron chi connectivity index (χ2n) is 6.48. The van der Waals surface area contributed by atoms with Crippen LogP contribution in [0.15, 0.2) is 47.7 Å². The van der Waals surface area contributed by atoms with Crippen molar-refractivity contribution in [2.24, 2.45) is 5.84 Å². The van der Waals surface area contributed by atoms with Crippen molar-refractivity contribution < 1.29 is 20.1 Å². The van der Waals surface area contributed by atoms with Gasteiger partial charge < -0.3 is 24.6 Å². The van der Waals surface area contributed by atoms with E-state index >= 15 is 0 Å². The SMILES string of the molecule is NNn1cnc(=O)c2ccn([C@@H]3O[C@H]([C@H](O)c4ccc(Cl)cc4)[C@@H](O)[C@H]3O)c21. The number of nitrogen functional groups attached to an aromatic ring is 1. The monoisotopic (exact) mass is 407 g/mol. The number of nitrogens with two attached hydrogens (primary N) is 1. The third-order valence-corrected chi connectivity index (χ3v) is 5.10. The molecule has 3 aromatic rings. The van der Waals surface area contributed by atoms with E-state index in [1.807, 2.05) is 0 Å². The predicted molar refractivity (Wildman–Crippen MR) is 99.9 cm³/mol. The van der Waals surface area contributed by atoms with Crippen molar-refractivity contribution in [3.63, 3.8) is 0 Å². The van der Waals surface area contributed by atoms with Gasteiger partial charge in [0, 0.05) is 11.2 Å². The minimum atomic E-state index is -1.37. The van der Waals surface area contributed by atoms with E-state index < -0.39 is 36.2 Å². The maximum absolute atomic E-state index is 12.0. The number of aliphatic hydroxyl groups is 3. The van der Waals surface area contributed by atoms with Gasteiger partial charge in [-0.25, -0.2) is 10.5 Å². The van der Waals surface area contributed by atoms with Gasteiger partial charge in [-0.05, 0) is 23.8 Å². The van der Waals surface area contributed by atoms with E-state index in [0.29, 0.717) is 16.2 Å². The molecule has 1 aromatic carbocycles. The summed E-state index contributed by atoms with van der Waals surface area (Å²) < 4.78 is 8.52. The van der Waals surface area contributed by atoms with Crippen LogP contribution in [-0.2, 0) is 4.74 Å². The van der Waals surface area contributed by atoms with Gasteiger partial charge in [-0.1, -0.05) is 23.7 Å². The van der Waals surface area contributed by atoms with E-state index in [1.165, 1.54) is 27.8 Å². The summed E-state index contributed by atoms with van der Waals surface area (Å²) in [6.07, 6.45) is -3.41. The van der Waals surface area contributed by atoms with Crippen LogP contribution >= 0.6 is 11.6 Å². The Hall–Kier alpha value is -2.47. The van der Waals surface area contributed by atoms with Crippen LogP contribution < -0.4 is 16.9 Å². The summed E-state index contributed by atoms with van der Waals surface area (Å²) in [4.78, 5) is 15.7. The van der Waals surface area contributed by atoms with Crippen LogP contribution in [0, 0.1) is 0 Å². The molecule has 28 heavy (non-hydrogen) atoms. The fraction of sp³-hybridized carbons (Fsp3) is 0.294. The lowest BCUT2D eigenvalue weighted by Crippen LogP contribution is -2.35. The molecule has 0 aliphatic carbocycles. The third-order valence-electron chi connectivity index (χ3n) is 4.85. The molecule has 148 valence electrons. The number of ether oxygens (including phenoxy) is 1. The van der Waals surface area contributed by atoms with Crippen molar-refractivity contribution in [2.75, 3.05) is 5.53 Å². The lowest BCUT2D eigenvalue weighted by molar-refractivity contribution is -0.0849. The van der Waals surface area contributed by atoms with Crippen LogP contribution in [0.1, 0.15) is 17.9 Å². The highest BCUT2D eigenvalue weighted by Gasteiger charge is 2.47. The topological polar surface area (TPSA) is 148 Å². The summed E-state index contributed by atoms with van der Waals surface area (Å²) in [5, 5.41) is 32.4. The number of hydrogen-bond donors (Lipinski definition) is 5. The molecule has 2 aromatic heterocycles. The van der Waals surface area contributed by atoms with E-state index in [1.54, 1.807) is 24.3 Å². The third kappa shape index (κ3) is 2.96. The normalized spacial score (nSPS) is 25.9. The minimum absolute atomic E-state index is 0.243. The van der Waals surface area contributed by atoms with Crippen molar-refractivity contribution >= 4 is 22.6 Å². The van der Waals surface area contributed by atoms with E-state index in [-0.39, 0.29) is 5.39 Å². The van der Waals surface area contributed by atoms with Crippen LogP contribution in [0.5, 0.6) is 0 Å². The number of fused-ring (bicyclic) bond motifs is 1. The molecule has 0 radical (unpaired) electrons. The molecule has 1 fully saturated rings. The highest BCUT2D eigenvalue weighted by Crippen LogP contribution is 2.37. The standard InChI is InChI=1S/C17H18ClN5O5/c18-9-3-1-8(2-4-9)11(24)14-12(25)13(26)17(28-14)22-6-5-10-15(27)20-7-23(21-19)16(10)22/h1-7,11-14,17,21,24-26H,19H2/t11-,12+,13-,14-,17-/m1/s1. The molecule has 6 N–H and O–H groups in total. The molecule has 0 unspecified atom stereocenters. The van der Waals surface area contributed by atoms with Gasteiger partial charge in [0.15, 0.2) is 6.23 Å². The Morgan fingerprint density at radius 3 is 2.61 bits per heavy atom. The van der Waals surface area contributed by atoms with Crippen molar-refractivity contribution in [1.82, 2.24) is 14.2 Å². The number of hydrogen-bond acceptors (Lipinski definition) is 8. The Balaban J connectivity index is 1.71. The largest absolute Gasteiger partial charge is 0.387 e. The summed E-state index contributed by atoms with van der Waals surface area (Å²) in [6.45, 7) is 0. The first-order valence-electron chi connectivity index (χ1n) is 8.42. The Bertz CT molecular complexity index is 1050. The average molecular weight is 408 g/mol. The summed E-state index contributed by atoms with van der Waals surface area (Å²) >= 11 is 5.86. The summed E-state index contributed by atoms with van der Waals surface area (Å²) in [7, 11) is 0. The number of benzene rings is 1. The van der Waals surface area contributed by atoms with Crippen LogP contribution in [0.25, 0.3) is 11.0 Å². The van der Waals surface area contributed by atoms with Crippen molar-refractivity contribution in [3.05, 3.63) is 63.8 Å². The molecule has 3 heterocycles. The van der Waals surface area contributed by atoms with Gasteiger partial charge in [0.25, 0.3) is 5.56 Å². The molecule has 1 aliphatic rings. The van der Waals surface area contributed by atoms with Gasteiger partial charge in [0.2, 0.25) is 0 Å². The summed E-state index contributed by atoms with van der Waals surface area (Å²) in [6, 6.07) is 7.93. The maximum atomic E-state index is 12.0. The molecule has 0 amide bonds. The summed E-state index contributed by atoms with van der Waals surface area (Å²) in [5.74, 6) is 5.47. The fourth-order valence-electron chi connectivity index (χ4n) is 3.42. The second-order valence-corrected chi connectivity index (χ2v) is 6.91. The van der Waals surface area contributed by atoms with Gasteiger partial charge in [-0.15, -0.1) is 0 Å². The highest BCUT2D eigenvalue weighted by molar-refractivity contribution is 6.30. The van der Waals surface area contributed by atoms with Gasteiger partial charge >= 0.3 is 0 Å². The average Bonchev–Trinajstić information content (AvgIpc) is 3.25. The first-order valence-corrected chi connectivity index (χ1v) is 8.80. The predicted octanol–water partition coefficient (Wildman–Crippen LogP) is -0.379. The smallest absolute Gasteiger partial charge is 0.282 e. The quantitative estimate of drug-likeness (QED) is 0.290. The molecule has 0 bridgehead atoms. The van der Waals surface area contributed by atoms with Gasteiger partial charge in [-0.2, -0.15) is 4.98 Å². The first kappa shape index (κ1) is 18.9. The number of nitrogens with zero attached hydrogens (tertiary/aromatic N) is 3. The maximum Gasteiger partial charge on any atom is 0.282 e. The van der Waals surface area contributed by atoms with E-state index in [9.17, 15) is 20.1 Å². The van der Waals surface area contributed by atoms with Gasteiger partial charge in [-0.3, -0.25) is 10.3 Å². The van der Waals surface area contributed by atoms with Crippen molar-refractivity contribution in [1.29, 1.82) is 0 Å². The zero-order chi connectivity index (χ0) is 20.0. The zero-order valence-corrected chi connectivity index (χ0v) is 15.1. The second kappa shape index (κ2) is 7.17. The number of aromatic nitrogens is 3. The Kier molecular flexibility index (Phi) is 4.83. The molecular weight excluding hydrogens is 390 g/mol. The van der Waals surface area contributed by atoms with E-state index in [0.717, 1.165) is 0 Å². The Morgan fingerprint density at radius 1 is 1.21 bits per heavy atom. The Labute approximate surface area is 163 Å². The molecule has 0 spiro atoms. The van der Waals surface area contributed by atoms with Crippen molar-refractivity contribution in [3.8, 4) is 0 Å². The number of rotatable bonds is 4. The zero-order valence-electron chi connectivity index (χ0n) is 14.4. The van der Waals surface area contributed by atoms with Crippen LogP contribution in [-0.4, -0.2) is 47.9 Å². The molecule has 1 saturated heterocycles. The molecule has 1 aliphatic heterocycles. The lowest BCUT2D eigenvalue weighted by atomic mass is 9.99. The molecule has 0 saturated carbocycles. The molecule has 4 rings (SSSR count).